The molecule has 2 atom stereocenters. The van der Waals surface area contributed by atoms with Crippen LogP contribution in [0.3, 0.4) is 0 Å². The Morgan fingerprint density at radius 1 is 1.09 bits per heavy atom. The molecule has 178 valence electrons. The molecule has 1 aliphatic carbocycles. The Morgan fingerprint density at radius 3 is 2.36 bits per heavy atom. The van der Waals surface area contributed by atoms with Crippen LogP contribution in [0, 0.1) is 27.9 Å². The fourth-order valence-corrected chi connectivity index (χ4v) is 6.79. The topological polar surface area (TPSA) is 79.6 Å². The van der Waals surface area contributed by atoms with Crippen LogP contribution in [0.1, 0.15) is 37.7 Å². The van der Waals surface area contributed by atoms with Crippen LogP contribution in [-0.2, 0) is 6.18 Å². The summed E-state index contributed by atoms with van der Waals surface area (Å²) in [7, 11) is 0. The van der Waals surface area contributed by atoms with Crippen LogP contribution >= 0.6 is 11.3 Å². The van der Waals surface area contributed by atoms with Crippen molar-refractivity contribution in [3.63, 3.8) is 0 Å². The van der Waals surface area contributed by atoms with E-state index in [4.69, 9.17) is 0 Å². The molecule has 0 bridgehead atoms. The number of hydrogen-bond donors (Lipinski definition) is 0. The van der Waals surface area contributed by atoms with Gasteiger partial charge in [0.15, 0.2) is 5.13 Å². The smallest absolute Gasteiger partial charge is 0.347 e. The van der Waals surface area contributed by atoms with Crippen LogP contribution in [0.15, 0.2) is 16.9 Å². The average molecular weight is 483 g/mol. The second-order valence-electron chi connectivity index (χ2n) is 9.58. The number of likely N-dealkylation sites (tertiary alicyclic amines) is 1. The molecule has 0 N–H and O–H groups in total. The number of hydrogen-bond acceptors (Lipinski definition) is 7. The van der Waals surface area contributed by atoms with Crippen molar-refractivity contribution in [1.82, 2.24) is 9.88 Å². The summed E-state index contributed by atoms with van der Waals surface area (Å²) >= 11 is 0.933. The minimum absolute atomic E-state index is 0.0565. The summed E-state index contributed by atoms with van der Waals surface area (Å²) in [4.78, 5) is 31.8. The van der Waals surface area contributed by atoms with Crippen LogP contribution in [-0.4, -0.2) is 47.5 Å². The molecule has 2 unspecified atom stereocenters. The number of fused-ring (bicyclic) bond motifs is 2. The number of rotatable bonds is 4. The van der Waals surface area contributed by atoms with Gasteiger partial charge in [0.1, 0.15) is 4.70 Å². The Balaban J connectivity index is 1.37. The monoisotopic (exact) mass is 482 g/mol. The van der Waals surface area contributed by atoms with Crippen LogP contribution in [0.5, 0.6) is 0 Å². The Morgan fingerprint density at radius 2 is 1.76 bits per heavy atom. The van der Waals surface area contributed by atoms with Gasteiger partial charge >= 0.3 is 6.18 Å². The first-order valence-electron chi connectivity index (χ1n) is 11.4. The number of benzene rings is 1. The molecular formula is C22H25F3N4O3S. The van der Waals surface area contributed by atoms with Crippen LogP contribution in [0.4, 0.5) is 24.0 Å². The maximum Gasteiger partial charge on any atom is 0.416 e. The highest BCUT2D eigenvalue weighted by Gasteiger charge is 2.41. The van der Waals surface area contributed by atoms with E-state index in [9.17, 15) is 28.1 Å². The van der Waals surface area contributed by atoms with Crippen molar-refractivity contribution in [3.05, 3.63) is 38.2 Å². The molecule has 3 fully saturated rings. The Hall–Kier alpha value is -2.27. The van der Waals surface area contributed by atoms with Crippen molar-refractivity contribution in [2.75, 3.05) is 37.6 Å². The first-order valence-corrected chi connectivity index (χ1v) is 12.2. The zero-order valence-corrected chi connectivity index (χ0v) is 18.8. The van der Waals surface area contributed by atoms with Gasteiger partial charge in [-0.2, -0.15) is 18.2 Å². The van der Waals surface area contributed by atoms with Crippen molar-refractivity contribution in [3.8, 4) is 0 Å². The third-order valence-electron chi connectivity index (χ3n) is 7.29. The van der Waals surface area contributed by atoms with Crippen molar-refractivity contribution in [2.24, 2.45) is 17.8 Å². The number of non-ortho nitro benzene ring substituents is 1. The number of nitrogens with zero attached hydrogens (tertiary/aromatic N) is 4. The van der Waals surface area contributed by atoms with E-state index in [2.05, 4.69) is 9.88 Å². The largest absolute Gasteiger partial charge is 0.416 e. The highest BCUT2D eigenvalue weighted by Crippen LogP contribution is 2.40. The molecule has 2 aliphatic heterocycles. The Kier molecular flexibility index (Phi) is 5.80. The Bertz CT molecular complexity index is 1120. The SMILES string of the molecule is O=c1nc(N2CC3CN(CC4CCCCC4)CC3C2)sc2c([N+](=O)[O-])cc(C(F)(F)F)cc12. The normalized spacial score (nSPS) is 24.5. The third-order valence-corrected chi connectivity index (χ3v) is 8.45. The number of anilines is 1. The highest BCUT2D eigenvalue weighted by atomic mass is 32.1. The molecule has 1 saturated carbocycles. The van der Waals surface area contributed by atoms with Crippen molar-refractivity contribution < 1.29 is 18.1 Å². The van der Waals surface area contributed by atoms with Gasteiger partial charge in [-0.05, 0) is 36.7 Å². The van der Waals surface area contributed by atoms with Crippen molar-refractivity contribution in [2.45, 2.75) is 38.3 Å². The van der Waals surface area contributed by atoms with E-state index in [-0.39, 0.29) is 10.1 Å². The second kappa shape index (κ2) is 8.50. The Labute approximate surface area is 192 Å². The van der Waals surface area contributed by atoms with Gasteiger partial charge in [0.2, 0.25) is 0 Å². The first kappa shape index (κ1) is 22.5. The minimum Gasteiger partial charge on any atom is -0.347 e. The van der Waals surface area contributed by atoms with Gasteiger partial charge in [0.25, 0.3) is 11.2 Å². The predicted molar refractivity (Wildman–Crippen MR) is 120 cm³/mol. The lowest BCUT2D eigenvalue weighted by Gasteiger charge is -2.28. The lowest BCUT2D eigenvalue weighted by molar-refractivity contribution is -0.383. The molecule has 11 heteroatoms. The van der Waals surface area contributed by atoms with E-state index in [0.29, 0.717) is 42.2 Å². The van der Waals surface area contributed by atoms with Gasteiger partial charge in [-0.25, -0.2) is 0 Å². The number of nitro benzene ring substituents is 1. The van der Waals surface area contributed by atoms with Crippen LogP contribution < -0.4 is 10.5 Å². The molecule has 3 aliphatic rings. The molecule has 1 aromatic carbocycles. The molecule has 5 rings (SSSR count). The van der Waals surface area contributed by atoms with Gasteiger partial charge in [0.05, 0.1) is 15.9 Å². The van der Waals surface area contributed by atoms with Gasteiger partial charge in [-0.1, -0.05) is 30.6 Å². The fraction of sp³-hybridized carbons (Fsp3) is 0.636. The predicted octanol–water partition coefficient (Wildman–Crippen LogP) is 4.53. The summed E-state index contributed by atoms with van der Waals surface area (Å²) in [5.74, 6) is 1.66. The van der Waals surface area contributed by atoms with Crippen molar-refractivity contribution >= 4 is 32.2 Å². The number of aromatic nitrogens is 1. The maximum atomic E-state index is 13.2. The molecular weight excluding hydrogens is 457 g/mol. The third kappa shape index (κ3) is 4.44. The number of nitro groups is 1. The molecule has 3 heterocycles. The van der Waals surface area contributed by atoms with E-state index in [1.165, 1.54) is 32.1 Å². The fourth-order valence-electron chi connectivity index (χ4n) is 5.71. The summed E-state index contributed by atoms with van der Waals surface area (Å²) in [6.07, 6.45) is 1.81. The number of halogens is 3. The van der Waals surface area contributed by atoms with Crippen LogP contribution in [0.2, 0.25) is 0 Å². The van der Waals surface area contributed by atoms with E-state index < -0.39 is 27.9 Å². The molecule has 0 amide bonds. The van der Waals surface area contributed by atoms with E-state index >= 15 is 0 Å². The van der Waals surface area contributed by atoms with Gasteiger partial charge < -0.3 is 9.80 Å². The molecule has 1 aromatic heterocycles. The minimum atomic E-state index is -4.79. The lowest BCUT2D eigenvalue weighted by atomic mass is 9.89. The molecule has 2 saturated heterocycles. The molecule has 2 aromatic rings. The highest BCUT2D eigenvalue weighted by molar-refractivity contribution is 7.22. The van der Waals surface area contributed by atoms with Crippen LogP contribution in [0.25, 0.3) is 10.1 Å². The molecule has 0 spiro atoms. The van der Waals surface area contributed by atoms with E-state index in [1.54, 1.807) is 0 Å². The zero-order chi connectivity index (χ0) is 23.3. The summed E-state index contributed by atoms with van der Waals surface area (Å²) < 4.78 is 39.5. The summed E-state index contributed by atoms with van der Waals surface area (Å²) in [6, 6.07) is 1.17. The zero-order valence-electron chi connectivity index (χ0n) is 18.0. The second-order valence-corrected chi connectivity index (χ2v) is 10.6. The van der Waals surface area contributed by atoms with Crippen molar-refractivity contribution in [1.29, 1.82) is 0 Å². The molecule has 0 radical (unpaired) electrons. The number of alkyl halides is 3. The molecule has 33 heavy (non-hydrogen) atoms. The maximum absolute atomic E-state index is 13.2. The summed E-state index contributed by atoms with van der Waals surface area (Å²) in [5.41, 5.74) is -2.78. The van der Waals surface area contributed by atoms with Gasteiger partial charge in [-0.15, -0.1) is 0 Å². The van der Waals surface area contributed by atoms with Gasteiger partial charge in [0, 0.05) is 38.8 Å². The molecule has 7 nitrogen and oxygen atoms in total. The summed E-state index contributed by atoms with van der Waals surface area (Å²) in [5, 5.41) is 11.5. The summed E-state index contributed by atoms with van der Waals surface area (Å²) in [6.45, 7) is 4.54. The quantitative estimate of drug-likeness (QED) is 0.471. The lowest BCUT2D eigenvalue weighted by Crippen LogP contribution is -2.33. The standard InChI is InChI=1S/C22H25F3N4O3S/c23-22(24,25)16-6-17-19(18(7-16)29(31)32)33-21(26-20(17)30)28-11-14-9-27(10-15(14)12-28)8-13-4-2-1-3-5-13/h6-7,13-15H,1-5,8-12H2. The van der Waals surface area contributed by atoms with E-state index in [0.717, 1.165) is 36.9 Å². The average Bonchev–Trinajstić information content (AvgIpc) is 3.31. The first-order chi connectivity index (χ1) is 15.7. The van der Waals surface area contributed by atoms with Gasteiger partial charge in [-0.3, -0.25) is 14.9 Å². The van der Waals surface area contributed by atoms with E-state index in [1.807, 2.05) is 4.90 Å².